The largest absolute Gasteiger partial charge is 0.476 e. The van der Waals surface area contributed by atoms with Gasteiger partial charge in [-0.3, -0.25) is 0 Å². The van der Waals surface area contributed by atoms with E-state index in [-0.39, 0.29) is 17.7 Å². The van der Waals surface area contributed by atoms with Gasteiger partial charge in [-0.25, -0.2) is 9.89 Å². The Morgan fingerprint density at radius 1 is 1.37 bits per heavy atom. The summed E-state index contributed by atoms with van der Waals surface area (Å²) in [5.74, 6) is -1.05. The number of nitrogens with one attached hydrogen (secondary N) is 1. The second-order valence-electron chi connectivity index (χ2n) is 4.55. The Morgan fingerprint density at radius 3 is 2.95 bits per heavy atom. The van der Waals surface area contributed by atoms with Crippen LogP contribution < -0.4 is 4.74 Å². The maximum absolute atomic E-state index is 10.9. The fraction of sp³-hybridized carbons (Fsp3) is 0.308. The summed E-state index contributed by atoms with van der Waals surface area (Å²) in [5, 5.41) is 18.4. The molecule has 0 aliphatic heterocycles. The van der Waals surface area contributed by atoms with Crippen LogP contribution in [0.1, 0.15) is 28.0 Å². The number of aryl methyl sites for hydroxylation is 1. The quantitative estimate of drug-likeness (QED) is 0.870. The molecule has 0 amide bonds. The fourth-order valence-corrected chi connectivity index (χ4v) is 2.36. The molecule has 1 aliphatic rings. The van der Waals surface area contributed by atoms with Crippen molar-refractivity contribution in [3.63, 3.8) is 0 Å². The van der Waals surface area contributed by atoms with E-state index in [2.05, 4.69) is 27.5 Å². The molecule has 2 N–H and O–H groups in total. The minimum atomic E-state index is -1.11. The third-order valence-electron chi connectivity index (χ3n) is 3.31. The summed E-state index contributed by atoms with van der Waals surface area (Å²) in [6, 6.07) is 8.22. The zero-order valence-electron chi connectivity index (χ0n) is 10.2. The number of carboxylic acid groups (broad SMARTS) is 1. The van der Waals surface area contributed by atoms with Crippen LogP contribution in [0.3, 0.4) is 0 Å². The van der Waals surface area contributed by atoms with Gasteiger partial charge in [0.25, 0.3) is 5.88 Å². The number of hydrogen-bond acceptors (Lipinski definition) is 4. The predicted octanol–water partition coefficient (Wildman–Crippen LogP) is 1.44. The van der Waals surface area contributed by atoms with Crippen LogP contribution in [0.25, 0.3) is 0 Å². The molecular weight excluding hydrogens is 246 g/mol. The third kappa shape index (κ3) is 2.29. The topological polar surface area (TPSA) is 88.1 Å². The fourth-order valence-electron chi connectivity index (χ4n) is 2.36. The van der Waals surface area contributed by atoms with Crippen LogP contribution in [-0.4, -0.2) is 32.6 Å². The highest BCUT2D eigenvalue weighted by Gasteiger charge is 2.23. The highest BCUT2D eigenvalue weighted by atomic mass is 16.5. The molecular formula is C13H13N3O3. The van der Waals surface area contributed by atoms with Gasteiger partial charge < -0.3 is 9.84 Å². The molecule has 2 aromatic rings. The summed E-state index contributed by atoms with van der Waals surface area (Å²) in [7, 11) is 0. The second-order valence-corrected chi connectivity index (χ2v) is 4.55. The van der Waals surface area contributed by atoms with E-state index in [4.69, 9.17) is 9.84 Å². The average Bonchev–Trinajstić information content (AvgIpc) is 2.87. The molecule has 1 heterocycles. The van der Waals surface area contributed by atoms with Gasteiger partial charge in [-0.2, -0.15) is 0 Å². The lowest BCUT2D eigenvalue weighted by Gasteiger charge is -2.24. The number of nitrogens with zero attached hydrogens (tertiary/aromatic N) is 2. The van der Waals surface area contributed by atoms with Crippen LogP contribution in [0.15, 0.2) is 24.3 Å². The molecule has 0 spiro atoms. The van der Waals surface area contributed by atoms with Crippen molar-refractivity contribution in [3.05, 3.63) is 41.1 Å². The van der Waals surface area contributed by atoms with Crippen LogP contribution in [-0.2, 0) is 12.8 Å². The zero-order chi connectivity index (χ0) is 13.2. The van der Waals surface area contributed by atoms with Gasteiger partial charge in [0.2, 0.25) is 5.69 Å². The zero-order valence-corrected chi connectivity index (χ0v) is 10.2. The van der Waals surface area contributed by atoms with Crippen LogP contribution in [0, 0.1) is 0 Å². The van der Waals surface area contributed by atoms with E-state index >= 15 is 0 Å². The van der Waals surface area contributed by atoms with Gasteiger partial charge in [-0.15, -0.1) is 0 Å². The number of aromatic nitrogens is 3. The Morgan fingerprint density at radius 2 is 2.16 bits per heavy atom. The molecule has 1 aromatic heterocycles. The molecule has 0 saturated heterocycles. The van der Waals surface area contributed by atoms with Crippen molar-refractivity contribution in [2.24, 2.45) is 0 Å². The molecule has 0 radical (unpaired) electrons. The number of benzene rings is 1. The highest BCUT2D eigenvalue weighted by molar-refractivity contribution is 5.87. The average molecular weight is 259 g/mol. The Bertz CT molecular complexity index is 609. The summed E-state index contributed by atoms with van der Waals surface area (Å²) in [4.78, 5) is 10.9. The summed E-state index contributed by atoms with van der Waals surface area (Å²) in [6.45, 7) is 0. The highest BCUT2D eigenvalue weighted by Crippen LogP contribution is 2.24. The van der Waals surface area contributed by atoms with Gasteiger partial charge in [0.15, 0.2) is 0 Å². The Kier molecular flexibility index (Phi) is 2.91. The summed E-state index contributed by atoms with van der Waals surface area (Å²) < 4.78 is 5.66. The van der Waals surface area contributed by atoms with E-state index < -0.39 is 5.97 Å². The number of carboxylic acids is 1. The lowest BCUT2D eigenvalue weighted by Crippen LogP contribution is -2.26. The number of aromatic carboxylic acids is 1. The van der Waals surface area contributed by atoms with E-state index in [0.717, 1.165) is 19.3 Å². The summed E-state index contributed by atoms with van der Waals surface area (Å²) >= 11 is 0. The van der Waals surface area contributed by atoms with Gasteiger partial charge in [-0.1, -0.05) is 34.6 Å². The van der Waals surface area contributed by atoms with Crippen LogP contribution in [0.5, 0.6) is 5.88 Å². The molecule has 1 aromatic carbocycles. The van der Waals surface area contributed by atoms with E-state index in [1.165, 1.54) is 11.1 Å². The summed E-state index contributed by atoms with van der Waals surface area (Å²) in [6.07, 6.45) is 2.49. The maximum atomic E-state index is 10.9. The Labute approximate surface area is 109 Å². The van der Waals surface area contributed by atoms with Crippen molar-refractivity contribution >= 4 is 5.97 Å². The second kappa shape index (κ2) is 4.72. The molecule has 98 valence electrons. The van der Waals surface area contributed by atoms with E-state index in [9.17, 15) is 4.79 Å². The molecule has 1 unspecified atom stereocenters. The molecule has 1 aliphatic carbocycles. The van der Waals surface area contributed by atoms with Crippen LogP contribution in [0.4, 0.5) is 0 Å². The van der Waals surface area contributed by atoms with Crippen molar-refractivity contribution in [2.75, 3.05) is 0 Å². The molecule has 0 bridgehead atoms. The first-order valence-electron chi connectivity index (χ1n) is 6.12. The van der Waals surface area contributed by atoms with Gasteiger partial charge in [0, 0.05) is 6.42 Å². The maximum Gasteiger partial charge on any atom is 0.359 e. The van der Waals surface area contributed by atoms with Crippen molar-refractivity contribution < 1.29 is 14.6 Å². The van der Waals surface area contributed by atoms with E-state index in [1.54, 1.807) is 0 Å². The predicted molar refractivity (Wildman–Crippen MR) is 66.2 cm³/mol. The van der Waals surface area contributed by atoms with Gasteiger partial charge in [0.1, 0.15) is 6.10 Å². The Hall–Kier alpha value is -2.37. The van der Waals surface area contributed by atoms with Crippen LogP contribution in [0.2, 0.25) is 0 Å². The van der Waals surface area contributed by atoms with Crippen molar-refractivity contribution in [2.45, 2.75) is 25.4 Å². The van der Waals surface area contributed by atoms with Crippen molar-refractivity contribution in [3.8, 4) is 5.88 Å². The van der Waals surface area contributed by atoms with Gasteiger partial charge in [0.05, 0.1) is 0 Å². The number of fused-ring (bicyclic) bond motifs is 1. The molecule has 3 rings (SSSR count). The first-order chi connectivity index (χ1) is 9.24. The lowest BCUT2D eigenvalue weighted by molar-refractivity contribution is 0.0681. The number of aromatic amines is 1. The number of ether oxygens (including phenoxy) is 1. The molecule has 6 nitrogen and oxygen atoms in total. The Balaban J connectivity index is 1.76. The number of rotatable bonds is 3. The standard InChI is InChI=1S/C13H13N3O3/c17-13(18)11-12(15-16-14-11)19-10-6-5-8-3-1-2-4-9(8)7-10/h1-4,10H,5-7H2,(H,17,18)(H,14,15,16). The number of hydrogen-bond donors (Lipinski definition) is 2. The third-order valence-corrected chi connectivity index (χ3v) is 3.31. The molecule has 6 heteroatoms. The van der Waals surface area contributed by atoms with Crippen molar-refractivity contribution in [1.82, 2.24) is 15.4 Å². The normalized spacial score (nSPS) is 17.8. The first kappa shape index (κ1) is 11.7. The van der Waals surface area contributed by atoms with E-state index in [1.807, 2.05) is 12.1 Å². The molecule has 1 atom stereocenters. The smallest absolute Gasteiger partial charge is 0.359 e. The number of H-pyrrole nitrogens is 1. The molecule has 0 fully saturated rings. The summed E-state index contributed by atoms with van der Waals surface area (Å²) in [5.41, 5.74) is 2.49. The van der Waals surface area contributed by atoms with E-state index in [0.29, 0.717) is 0 Å². The molecule has 0 saturated carbocycles. The van der Waals surface area contributed by atoms with Crippen molar-refractivity contribution in [1.29, 1.82) is 0 Å². The minimum absolute atomic E-state index is 0.0573. The van der Waals surface area contributed by atoms with Gasteiger partial charge in [-0.05, 0) is 24.0 Å². The first-order valence-corrected chi connectivity index (χ1v) is 6.12. The van der Waals surface area contributed by atoms with Crippen LogP contribution >= 0.6 is 0 Å². The number of carbonyl (C=O) groups is 1. The molecule has 19 heavy (non-hydrogen) atoms. The lowest BCUT2D eigenvalue weighted by atomic mass is 9.90. The monoisotopic (exact) mass is 259 g/mol. The minimum Gasteiger partial charge on any atom is -0.476 e. The SMILES string of the molecule is O=C(O)c1[nH]nnc1OC1CCc2ccccc2C1. The van der Waals surface area contributed by atoms with Gasteiger partial charge >= 0.3 is 5.97 Å².